The van der Waals surface area contributed by atoms with Gasteiger partial charge in [0.2, 0.25) is 0 Å². The summed E-state index contributed by atoms with van der Waals surface area (Å²) in [6, 6.07) is 9.64. The van der Waals surface area contributed by atoms with Gasteiger partial charge in [0.25, 0.3) is 11.5 Å². The molecule has 3 heterocycles. The molecule has 8 heteroatoms. The van der Waals surface area contributed by atoms with Crippen LogP contribution in [0.1, 0.15) is 41.6 Å². The number of carbonyl (C=O) groups excluding carboxylic acids is 1. The van der Waals surface area contributed by atoms with Crippen LogP contribution in [0.2, 0.25) is 0 Å². The van der Waals surface area contributed by atoms with E-state index in [0.29, 0.717) is 23.6 Å². The molecule has 0 spiro atoms. The monoisotopic (exact) mass is 407 g/mol. The highest BCUT2D eigenvalue weighted by atomic mass is 16.5. The standard InChI is InChI=1S/C22H25N5O3/c1-4-17-22(29)26-20-9-14(5-7-18(20)25-17)13(2)27-11-16(12-27)30-15-6-8-19(24-10-15)21(28)23-3/h5-10,13,16H,4,11-12H2,1-3H3,(H,23,28)(H,26,29). The van der Waals surface area contributed by atoms with Gasteiger partial charge in [-0.25, -0.2) is 9.97 Å². The Bertz CT molecular complexity index is 1120. The predicted octanol–water partition coefficient (Wildman–Crippen LogP) is 2.06. The molecule has 1 aromatic carbocycles. The van der Waals surface area contributed by atoms with E-state index in [1.54, 1.807) is 25.4 Å². The smallest absolute Gasteiger partial charge is 0.270 e. The summed E-state index contributed by atoms with van der Waals surface area (Å²) in [6.45, 7) is 5.65. The van der Waals surface area contributed by atoms with Crippen LogP contribution in [0.25, 0.3) is 11.0 Å². The van der Waals surface area contributed by atoms with Gasteiger partial charge in [-0.1, -0.05) is 13.0 Å². The second-order valence-corrected chi connectivity index (χ2v) is 7.47. The minimum Gasteiger partial charge on any atom is -0.486 e. The van der Waals surface area contributed by atoms with Crippen molar-refractivity contribution < 1.29 is 9.53 Å². The van der Waals surface area contributed by atoms with Gasteiger partial charge in [-0.05, 0) is 43.2 Å². The van der Waals surface area contributed by atoms with Crippen molar-refractivity contribution in [3.8, 4) is 5.75 Å². The summed E-state index contributed by atoms with van der Waals surface area (Å²) in [5.41, 5.74) is 3.49. The molecule has 156 valence electrons. The molecule has 1 unspecified atom stereocenters. The zero-order valence-corrected chi connectivity index (χ0v) is 17.3. The van der Waals surface area contributed by atoms with Crippen molar-refractivity contribution in [2.45, 2.75) is 32.4 Å². The second-order valence-electron chi connectivity index (χ2n) is 7.47. The maximum atomic E-state index is 12.1. The normalized spacial score (nSPS) is 15.6. The first-order valence-electron chi connectivity index (χ1n) is 10.1. The van der Waals surface area contributed by atoms with Crippen LogP contribution in [0.15, 0.2) is 41.3 Å². The van der Waals surface area contributed by atoms with Crippen LogP contribution >= 0.6 is 0 Å². The van der Waals surface area contributed by atoms with Gasteiger partial charge >= 0.3 is 0 Å². The number of likely N-dealkylation sites (tertiary alicyclic amines) is 1. The first-order chi connectivity index (χ1) is 14.5. The van der Waals surface area contributed by atoms with Crippen molar-refractivity contribution in [3.05, 3.63) is 63.8 Å². The number of aromatic nitrogens is 3. The van der Waals surface area contributed by atoms with Gasteiger partial charge in [0.05, 0.1) is 17.2 Å². The number of ether oxygens (including phenoxy) is 1. The lowest BCUT2D eigenvalue weighted by Gasteiger charge is -2.42. The third kappa shape index (κ3) is 3.91. The molecule has 0 aliphatic carbocycles. The highest BCUT2D eigenvalue weighted by molar-refractivity contribution is 5.91. The van der Waals surface area contributed by atoms with Crippen molar-refractivity contribution in [2.75, 3.05) is 20.1 Å². The van der Waals surface area contributed by atoms with Crippen LogP contribution in [-0.2, 0) is 6.42 Å². The Kier molecular flexibility index (Phi) is 5.50. The largest absolute Gasteiger partial charge is 0.486 e. The first-order valence-corrected chi connectivity index (χ1v) is 10.1. The fourth-order valence-electron chi connectivity index (χ4n) is 3.62. The molecule has 1 amide bonds. The zero-order chi connectivity index (χ0) is 21.3. The summed E-state index contributed by atoms with van der Waals surface area (Å²) < 4.78 is 5.95. The fourth-order valence-corrected chi connectivity index (χ4v) is 3.62. The average Bonchev–Trinajstić information content (AvgIpc) is 2.74. The molecule has 0 saturated carbocycles. The van der Waals surface area contributed by atoms with Crippen LogP contribution in [0.4, 0.5) is 0 Å². The number of aryl methyl sites for hydroxylation is 1. The van der Waals surface area contributed by atoms with Gasteiger partial charge in [0.15, 0.2) is 0 Å². The quantitative estimate of drug-likeness (QED) is 0.649. The maximum Gasteiger partial charge on any atom is 0.270 e. The Morgan fingerprint density at radius 1 is 1.33 bits per heavy atom. The number of aromatic amines is 1. The van der Waals surface area contributed by atoms with E-state index in [0.717, 1.165) is 29.7 Å². The Labute approximate surface area is 174 Å². The van der Waals surface area contributed by atoms with Crippen LogP contribution in [0.5, 0.6) is 5.75 Å². The summed E-state index contributed by atoms with van der Waals surface area (Å²) in [7, 11) is 1.57. The third-order valence-corrected chi connectivity index (χ3v) is 5.53. The molecule has 0 radical (unpaired) electrons. The molecule has 1 aliphatic rings. The Balaban J connectivity index is 1.38. The van der Waals surface area contributed by atoms with Crippen LogP contribution < -0.4 is 15.6 Å². The minimum absolute atomic E-state index is 0.0779. The molecular formula is C22H25N5O3. The highest BCUT2D eigenvalue weighted by Crippen LogP contribution is 2.28. The molecule has 30 heavy (non-hydrogen) atoms. The molecule has 1 atom stereocenters. The van der Waals surface area contributed by atoms with E-state index in [4.69, 9.17) is 4.74 Å². The van der Waals surface area contributed by atoms with Crippen molar-refractivity contribution in [2.24, 2.45) is 0 Å². The van der Waals surface area contributed by atoms with Crippen molar-refractivity contribution in [3.63, 3.8) is 0 Å². The van der Waals surface area contributed by atoms with Gasteiger partial charge < -0.3 is 15.0 Å². The zero-order valence-electron chi connectivity index (χ0n) is 17.3. The van der Waals surface area contributed by atoms with Crippen molar-refractivity contribution in [1.82, 2.24) is 25.2 Å². The Morgan fingerprint density at radius 2 is 2.13 bits per heavy atom. The number of nitrogens with zero attached hydrogens (tertiary/aromatic N) is 3. The number of carbonyl (C=O) groups is 1. The van der Waals surface area contributed by atoms with Gasteiger partial charge in [0, 0.05) is 26.2 Å². The second kappa shape index (κ2) is 8.23. The van der Waals surface area contributed by atoms with Gasteiger partial charge in [0.1, 0.15) is 23.2 Å². The van der Waals surface area contributed by atoms with Crippen molar-refractivity contribution in [1.29, 1.82) is 0 Å². The molecule has 1 fully saturated rings. The van der Waals surface area contributed by atoms with E-state index in [2.05, 4.69) is 38.2 Å². The number of amides is 1. The predicted molar refractivity (Wildman–Crippen MR) is 114 cm³/mol. The summed E-state index contributed by atoms with van der Waals surface area (Å²) in [5, 5.41) is 2.54. The van der Waals surface area contributed by atoms with Gasteiger partial charge in [-0.15, -0.1) is 0 Å². The molecule has 3 aromatic rings. The van der Waals surface area contributed by atoms with Crippen LogP contribution in [-0.4, -0.2) is 52.0 Å². The number of H-pyrrole nitrogens is 1. The molecule has 0 bridgehead atoms. The molecule has 4 rings (SSSR count). The third-order valence-electron chi connectivity index (χ3n) is 5.53. The Hall–Kier alpha value is -3.26. The first kappa shape index (κ1) is 20.0. The molecule has 2 aromatic heterocycles. The van der Waals surface area contributed by atoms with E-state index in [1.165, 1.54) is 0 Å². The number of hydrogen-bond donors (Lipinski definition) is 2. The number of nitrogens with one attached hydrogen (secondary N) is 2. The van der Waals surface area contributed by atoms with Gasteiger partial charge in [-0.2, -0.15) is 0 Å². The molecule has 1 aliphatic heterocycles. The number of benzene rings is 1. The highest BCUT2D eigenvalue weighted by Gasteiger charge is 2.32. The topological polar surface area (TPSA) is 100 Å². The van der Waals surface area contributed by atoms with Crippen LogP contribution in [0.3, 0.4) is 0 Å². The van der Waals surface area contributed by atoms with Crippen molar-refractivity contribution >= 4 is 16.9 Å². The van der Waals surface area contributed by atoms with Crippen LogP contribution in [0, 0.1) is 0 Å². The lowest BCUT2D eigenvalue weighted by atomic mass is 10.0. The number of hydrogen-bond acceptors (Lipinski definition) is 6. The summed E-state index contributed by atoms with van der Waals surface area (Å²) in [4.78, 5) is 37.4. The lowest BCUT2D eigenvalue weighted by Crippen LogP contribution is -2.54. The van der Waals surface area contributed by atoms with Gasteiger partial charge in [-0.3, -0.25) is 14.5 Å². The number of rotatable bonds is 6. The number of pyridine rings is 1. The summed E-state index contributed by atoms with van der Waals surface area (Å²) >= 11 is 0. The molecular weight excluding hydrogens is 382 g/mol. The summed E-state index contributed by atoms with van der Waals surface area (Å²) in [6.07, 6.45) is 2.27. The minimum atomic E-state index is -0.219. The molecule has 8 nitrogen and oxygen atoms in total. The summed E-state index contributed by atoms with van der Waals surface area (Å²) in [5.74, 6) is 0.434. The average molecular weight is 407 g/mol. The molecule has 2 N–H and O–H groups in total. The molecule has 1 saturated heterocycles. The Morgan fingerprint density at radius 3 is 2.80 bits per heavy atom. The number of fused-ring (bicyclic) bond motifs is 1. The van der Waals surface area contributed by atoms with E-state index in [1.807, 2.05) is 19.1 Å². The maximum absolute atomic E-state index is 12.1. The van der Waals surface area contributed by atoms with E-state index in [9.17, 15) is 9.59 Å². The SMILES string of the molecule is CCc1nc2ccc(C(C)N3CC(Oc4ccc(C(=O)NC)nc4)C3)cc2[nH]c1=O. The van der Waals surface area contributed by atoms with E-state index < -0.39 is 0 Å². The van der Waals surface area contributed by atoms with E-state index >= 15 is 0 Å². The fraction of sp³-hybridized carbons (Fsp3) is 0.364. The lowest BCUT2D eigenvalue weighted by molar-refractivity contribution is -0.00538. The van der Waals surface area contributed by atoms with E-state index in [-0.39, 0.29) is 23.6 Å².